The molecule has 0 unspecified atom stereocenters. The third kappa shape index (κ3) is 1.02. The predicted octanol–water partition coefficient (Wildman–Crippen LogP) is 1.94. The van der Waals surface area contributed by atoms with Crippen LogP contribution in [0.2, 0.25) is 0 Å². The second kappa shape index (κ2) is 2.72. The molecule has 78 valence electrons. The maximum Gasteiger partial charge on any atom is 0.322 e. The van der Waals surface area contributed by atoms with Gasteiger partial charge in [0, 0.05) is 12.7 Å². The summed E-state index contributed by atoms with van der Waals surface area (Å²) in [6.45, 7) is 2.75. The SMILES string of the molecule is CCN1C(=O)Nc2cccnc2C12CC2. The standard InChI is InChI=1S/C11H13N3O/c1-2-14-10(15)13-8-4-3-7-12-9(8)11(14)5-6-11/h3-4,7H,2,5-6H2,1H3,(H,13,15). The van der Waals surface area contributed by atoms with Gasteiger partial charge in [0.15, 0.2) is 0 Å². The van der Waals surface area contributed by atoms with E-state index in [1.54, 1.807) is 6.20 Å². The molecule has 1 aliphatic heterocycles. The second-order valence-corrected chi connectivity index (χ2v) is 4.11. The van der Waals surface area contributed by atoms with Crippen molar-refractivity contribution in [3.63, 3.8) is 0 Å². The molecule has 0 atom stereocenters. The van der Waals surface area contributed by atoms with E-state index in [1.807, 2.05) is 24.0 Å². The first-order chi connectivity index (χ1) is 7.28. The van der Waals surface area contributed by atoms with E-state index in [4.69, 9.17) is 0 Å². The van der Waals surface area contributed by atoms with Gasteiger partial charge in [-0.3, -0.25) is 4.98 Å². The van der Waals surface area contributed by atoms with E-state index in [0.717, 1.165) is 30.8 Å². The Morgan fingerprint density at radius 1 is 1.60 bits per heavy atom. The summed E-state index contributed by atoms with van der Waals surface area (Å²) in [7, 11) is 0. The monoisotopic (exact) mass is 203 g/mol. The molecule has 0 aromatic carbocycles. The van der Waals surface area contributed by atoms with Crippen molar-refractivity contribution in [2.45, 2.75) is 25.3 Å². The first kappa shape index (κ1) is 8.71. The molecule has 15 heavy (non-hydrogen) atoms. The Hall–Kier alpha value is -1.58. The van der Waals surface area contributed by atoms with Gasteiger partial charge in [-0.1, -0.05) is 0 Å². The Balaban J connectivity index is 2.15. The molecule has 1 fully saturated rings. The number of fused-ring (bicyclic) bond motifs is 2. The van der Waals surface area contributed by atoms with Gasteiger partial charge in [-0.05, 0) is 31.9 Å². The molecular formula is C11H13N3O. The Morgan fingerprint density at radius 2 is 2.40 bits per heavy atom. The van der Waals surface area contributed by atoms with Crippen LogP contribution in [0.3, 0.4) is 0 Å². The fraction of sp³-hybridized carbons (Fsp3) is 0.455. The first-order valence-corrected chi connectivity index (χ1v) is 5.32. The fourth-order valence-electron chi connectivity index (χ4n) is 2.45. The van der Waals surface area contributed by atoms with Gasteiger partial charge in [0.1, 0.15) is 0 Å². The number of amides is 2. The summed E-state index contributed by atoms with van der Waals surface area (Å²) in [5.41, 5.74) is 1.82. The Bertz CT molecular complexity index is 426. The van der Waals surface area contributed by atoms with Crippen LogP contribution in [0.1, 0.15) is 25.5 Å². The minimum atomic E-state index is -0.0896. The Morgan fingerprint density at radius 3 is 3.07 bits per heavy atom. The second-order valence-electron chi connectivity index (χ2n) is 4.11. The first-order valence-electron chi connectivity index (χ1n) is 5.32. The quantitative estimate of drug-likeness (QED) is 0.758. The van der Waals surface area contributed by atoms with Crippen molar-refractivity contribution in [2.75, 3.05) is 11.9 Å². The number of pyridine rings is 1. The molecule has 2 amide bonds. The zero-order valence-corrected chi connectivity index (χ0v) is 8.66. The summed E-state index contributed by atoms with van der Waals surface area (Å²) in [5.74, 6) is 0. The van der Waals surface area contributed by atoms with E-state index in [-0.39, 0.29) is 11.6 Å². The maximum absolute atomic E-state index is 11.8. The number of nitrogens with zero attached hydrogens (tertiary/aromatic N) is 2. The molecule has 1 aromatic heterocycles. The van der Waals surface area contributed by atoms with Gasteiger partial charge in [0.05, 0.1) is 16.9 Å². The van der Waals surface area contributed by atoms with Crippen molar-refractivity contribution in [2.24, 2.45) is 0 Å². The number of urea groups is 1. The topological polar surface area (TPSA) is 45.2 Å². The van der Waals surface area contributed by atoms with Crippen LogP contribution in [-0.4, -0.2) is 22.5 Å². The average molecular weight is 203 g/mol. The van der Waals surface area contributed by atoms with E-state index in [2.05, 4.69) is 10.3 Å². The lowest BCUT2D eigenvalue weighted by Gasteiger charge is -2.36. The summed E-state index contributed by atoms with van der Waals surface area (Å²) in [6, 6.07) is 3.79. The van der Waals surface area contributed by atoms with Gasteiger partial charge in [0.2, 0.25) is 0 Å². The molecule has 3 rings (SSSR count). The van der Waals surface area contributed by atoms with E-state index in [1.165, 1.54) is 0 Å². The van der Waals surface area contributed by atoms with Gasteiger partial charge in [0.25, 0.3) is 0 Å². The molecule has 0 saturated heterocycles. The zero-order valence-electron chi connectivity index (χ0n) is 8.66. The van der Waals surface area contributed by atoms with E-state index in [9.17, 15) is 4.79 Å². The van der Waals surface area contributed by atoms with Crippen LogP contribution in [0.4, 0.5) is 10.5 Å². The molecule has 1 aliphatic carbocycles. The third-order valence-electron chi connectivity index (χ3n) is 3.29. The number of nitrogens with one attached hydrogen (secondary N) is 1. The van der Waals surface area contributed by atoms with Crippen LogP contribution in [0.15, 0.2) is 18.3 Å². The molecule has 1 saturated carbocycles. The highest BCUT2D eigenvalue weighted by atomic mass is 16.2. The van der Waals surface area contributed by atoms with E-state index >= 15 is 0 Å². The number of hydrogen-bond donors (Lipinski definition) is 1. The van der Waals surface area contributed by atoms with Gasteiger partial charge in [-0.2, -0.15) is 0 Å². The number of rotatable bonds is 1. The molecule has 2 aliphatic rings. The summed E-state index contributed by atoms with van der Waals surface area (Å²) in [4.78, 5) is 18.1. The van der Waals surface area contributed by atoms with Crippen molar-refractivity contribution >= 4 is 11.7 Å². The minimum Gasteiger partial charge on any atom is -0.313 e. The lowest BCUT2D eigenvalue weighted by Crippen LogP contribution is -2.47. The third-order valence-corrected chi connectivity index (χ3v) is 3.29. The van der Waals surface area contributed by atoms with Gasteiger partial charge in [-0.15, -0.1) is 0 Å². The lowest BCUT2D eigenvalue weighted by atomic mass is 10.1. The highest BCUT2D eigenvalue weighted by Gasteiger charge is 2.55. The van der Waals surface area contributed by atoms with Crippen molar-refractivity contribution in [1.29, 1.82) is 0 Å². The fourth-order valence-corrected chi connectivity index (χ4v) is 2.45. The average Bonchev–Trinajstić information content (AvgIpc) is 3.00. The van der Waals surface area contributed by atoms with Crippen molar-refractivity contribution in [3.8, 4) is 0 Å². The summed E-state index contributed by atoms with van der Waals surface area (Å²) in [5, 5.41) is 2.88. The highest BCUT2D eigenvalue weighted by Crippen LogP contribution is 2.54. The van der Waals surface area contributed by atoms with Crippen molar-refractivity contribution in [1.82, 2.24) is 9.88 Å². The van der Waals surface area contributed by atoms with Gasteiger partial charge < -0.3 is 10.2 Å². The van der Waals surface area contributed by atoms with Crippen LogP contribution < -0.4 is 5.32 Å². The number of carbonyl (C=O) groups excluding carboxylic acids is 1. The number of anilines is 1. The normalized spacial score (nSPS) is 21.1. The van der Waals surface area contributed by atoms with Gasteiger partial charge in [-0.25, -0.2) is 4.79 Å². The maximum atomic E-state index is 11.8. The van der Waals surface area contributed by atoms with Crippen LogP contribution in [0.5, 0.6) is 0 Å². The number of hydrogen-bond acceptors (Lipinski definition) is 2. The largest absolute Gasteiger partial charge is 0.322 e. The lowest BCUT2D eigenvalue weighted by molar-refractivity contribution is 0.177. The van der Waals surface area contributed by atoms with E-state index < -0.39 is 0 Å². The molecule has 0 radical (unpaired) electrons. The van der Waals surface area contributed by atoms with Crippen LogP contribution in [0, 0.1) is 0 Å². The number of carbonyl (C=O) groups is 1. The van der Waals surface area contributed by atoms with Crippen LogP contribution in [0.25, 0.3) is 0 Å². The summed E-state index contributed by atoms with van der Waals surface area (Å²) in [6.07, 6.45) is 3.88. The number of aromatic nitrogens is 1. The molecule has 4 nitrogen and oxygen atoms in total. The zero-order chi connectivity index (χ0) is 10.5. The molecule has 1 spiro atoms. The van der Waals surface area contributed by atoms with Crippen molar-refractivity contribution < 1.29 is 4.79 Å². The Kier molecular flexibility index (Phi) is 1.58. The molecule has 4 heteroatoms. The smallest absolute Gasteiger partial charge is 0.313 e. The molecule has 2 heterocycles. The molecular weight excluding hydrogens is 190 g/mol. The summed E-state index contributed by atoms with van der Waals surface area (Å²) < 4.78 is 0. The van der Waals surface area contributed by atoms with Crippen LogP contribution in [-0.2, 0) is 5.54 Å². The molecule has 0 bridgehead atoms. The predicted molar refractivity (Wildman–Crippen MR) is 56.5 cm³/mol. The van der Waals surface area contributed by atoms with Crippen LogP contribution >= 0.6 is 0 Å². The van der Waals surface area contributed by atoms with Crippen molar-refractivity contribution in [3.05, 3.63) is 24.0 Å². The Labute approximate surface area is 88.3 Å². The van der Waals surface area contributed by atoms with E-state index in [0.29, 0.717) is 0 Å². The minimum absolute atomic E-state index is 0.00972. The van der Waals surface area contributed by atoms with Gasteiger partial charge >= 0.3 is 6.03 Å². The molecule has 1 aromatic rings. The highest BCUT2D eigenvalue weighted by molar-refractivity contribution is 5.93. The molecule has 1 N–H and O–H groups in total. The summed E-state index contributed by atoms with van der Waals surface area (Å²) >= 11 is 0.